The number of benzene rings is 1. The Morgan fingerprint density at radius 2 is 2.11 bits per heavy atom. The summed E-state index contributed by atoms with van der Waals surface area (Å²) in [6, 6.07) is 10.6. The van der Waals surface area contributed by atoms with Crippen LogP contribution in [0.25, 0.3) is 0 Å². The van der Waals surface area contributed by atoms with Crippen LogP contribution in [-0.4, -0.2) is 16.2 Å². The quantitative estimate of drug-likeness (QED) is 0.806. The second kappa shape index (κ2) is 5.64. The van der Waals surface area contributed by atoms with Crippen molar-refractivity contribution in [2.45, 2.75) is 6.54 Å². The first-order valence-electron chi connectivity index (χ1n) is 5.44. The molecule has 5 nitrogen and oxygen atoms in total. The second-order valence-electron chi connectivity index (χ2n) is 3.58. The maximum atomic E-state index is 11.3. The van der Waals surface area contributed by atoms with E-state index in [0.29, 0.717) is 24.5 Å². The SMILES string of the molecule is N#Cc1ccc(OCCn2cccnc2=O)cc1. The smallest absolute Gasteiger partial charge is 0.347 e. The molecule has 0 fully saturated rings. The van der Waals surface area contributed by atoms with Gasteiger partial charge in [-0.3, -0.25) is 4.57 Å². The molecule has 2 aromatic rings. The summed E-state index contributed by atoms with van der Waals surface area (Å²) in [5, 5.41) is 8.65. The van der Waals surface area contributed by atoms with Crippen LogP contribution >= 0.6 is 0 Å². The van der Waals surface area contributed by atoms with E-state index in [2.05, 4.69) is 4.98 Å². The van der Waals surface area contributed by atoms with E-state index in [-0.39, 0.29) is 5.69 Å². The van der Waals surface area contributed by atoms with E-state index in [0.717, 1.165) is 0 Å². The summed E-state index contributed by atoms with van der Waals surface area (Å²) in [4.78, 5) is 14.9. The molecule has 0 N–H and O–H groups in total. The van der Waals surface area contributed by atoms with Crippen molar-refractivity contribution in [2.75, 3.05) is 6.61 Å². The number of nitriles is 1. The van der Waals surface area contributed by atoms with Crippen molar-refractivity contribution in [2.24, 2.45) is 0 Å². The van der Waals surface area contributed by atoms with E-state index >= 15 is 0 Å². The van der Waals surface area contributed by atoms with Gasteiger partial charge in [-0.05, 0) is 30.3 Å². The molecule has 1 aromatic carbocycles. The van der Waals surface area contributed by atoms with Crippen LogP contribution in [0.3, 0.4) is 0 Å². The molecule has 0 saturated carbocycles. The summed E-state index contributed by atoms with van der Waals surface area (Å²) in [6.45, 7) is 0.810. The van der Waals surface area contributed by atoms with Gasteiger partial charge in [-0.25, -0.2) is 9.78 Å². The second-order valence-corrected chi connectivity index (χ2v) is 3.58. The van der Waals surface area contributed by atoms with Crippen molar-refractivity contribution >= 4 is 0 Å². The summed E-state index contributed by atoms with van der Waals surface area (Å²) in [7, 11) is 0. The largest absolute Gasteiger partial charge is 0.492 e. The van der Waals surface area contributed by atoms with Crippen molar-refractivity contribution in [1.29, 1.82) is 5.26 Å². The Hall–Kier alpha value is -2.61. The van der Waals surface area contributed by atoms with Gasteiger partial charge in [0.25, 0.3) is 0 Å². The van der Waals surface area contributed by atoms with Gasteiger partial charge < -0.3 is 4.74 Å². The fraction of sp³-hybridized carbons (Fsp3) is 0.154. The molecular weight excluding hydrogens is 230 g/mol. The molecule has 0 bridgehead atoms. The molecule has 90 valence electrons. The average molecular weight is 241 g/mol. The van der Waals surface area contributed by atoms with Crippen molar-refractivity contribution in [3.05, 3.63) is 58.8 Å². The molecule has 2 rings (SSSR count). The van der Waals surface area contributed by atoms with Gasteiger partial charge in [0.1, 0.15) is 12.4 Å². The first kappa shape index (κ1) is 11.9. The Morgan fingerprint density at radius 1 is 1.33 bits per heavy atom. The van der Waals surface area contributed by atoms with Crippen LogP contribution in [0.15, 0.2) is 47.5 Å². The summed E-state index contributed by atoms with van der Waals surface area (Å²) in [5.74, 6) is 0.672. The van der Waals surface area contributed by atoms with Crippen molar-refractivity contribution < 1.29 is 4.74 Å². The van der Waals surface area contributed by atoms with Gasteiger partial charge in [0, 0.05) is 12.4 Å². The number of nitrogens with zero attached hydrogens (tertiary/aromatic N) is 3. The highest BCUT2D eigenvalue weighted by Crippen LogP contribution is 2.11. The third-order valence-corrected chi connectivity index (χ3v) is 2.37. The minimum Gasteiger partial charge on any atom is -0.492 e. The number of rotatable bonds is 4. The first-order chi connectivity index (χ1) is 8.79. The van der Waals surface area contributed by atoms with E-state index in [9.17, 15) is 4.79 Å². The Kier molecular flexibility index (Phi) is 3.72. The predicted molar refractivity (Wildman–Crippen MR) is 65.1 cm³/mol. The van der Waals surface area contributed by atoms with Gasteiger partial charge in [0.05, 0.1) is 18.2 Å². The van der Waals surface area contributed by atoms with Crippen molar-refractivity contribution in [1.82, 2.24) is 9.55 Å². The van der Waals surface area contributed by atoms with Crippen LogP contribution in [0.1, 0.15) is 5.56 Å². The maximum absolute atomic E-state index is 11.3. The number of aromatic nitrogens is 2. The van der Waals surface area contributed by atoms with E-state index in [1.54, 1.807) is 36.5 Å². The molecule has 0 saturated heterocycles. The number of ether oxygens (including phenoxy) is 1. The molecule has 0 atom stereocenters. The lowest BCUT2D eigenvalue weighted by molar-refractivity contribution is 0.295. The van der Waals surface area contributed by atoms with Crippen molar-refractivity contribution in [3.63, 3.8) is 0 Å². The Morgan fingerprint density at radius 3 is 2.78 bits per heavy atom. The van der Waals surface area contributed by atoms with Gasteiger partial charge >= 0.3 is 5.69 Å². The lowest BCUT2D eigenvalue weighted by atomic mass is 10.2. The lowest BCUT2D eigenvalue weighted by Gasteiger charge is -2.07. The topological polar surface area (TPSA) is 67.9 Å². The van der Waals surface area contributed by atoms with E-state index in [1.807, 2.05) is 6.07 Å². The molecule has 0 aliphatic rings. The molecule has 18 heavy (non-hydrogen) atoms. The molecule has 0 unspecified atom stereocenters. The third-order valence-electron chi connectivity index (χ3n) is 2.37. The minimum absolute atomic E-state index is 0.291. The Balaban J connectivity index is 1.91. The standard InChI is InChI=1S/C13H11N3O2/c14-10-11-2-4-12(5-3-11)18-9-8-16-7-1-6-15-13(16)17/h1-7H,8-9H2. The molecular formula is C13H11N3O2. The van der Waals surface area contributed by atoms with Gasteiger partial charge in [-0.2, -0.15) is 5.26 Å². The fourth-order valence-electron chi connectivity index (χ4n) is 1.44. The van der Waals surface area contributed by atoms with E-state index in [4.69, 9.17) is 10.00 Å². The summed E-state index contributed by atoms with van der Waals surface area (Å²) >= 11 is 0. The normalized spacial score (nSPS) is 9.72. The van der Waals surface area contributed by atoms with Crippen LogP contribution < -0.4 is 10.4 Å². The van der Waals surface area contributed by atoms with Crippen LogP contribution in [0.4, 0.5) is 0 Å². The Bertz CT molecular complexity index is 611. The molecule has 0 amide bonds. The maximum Gasteiger partial charge on any atom is 0.347 e. The van der Waals surface area contributed by atoms with Crippen molar-refractivity contribution in [3.8, 4) is 11.8 Å². The van der Waals surface area contributed by atoms with Crippen LogP contribution in [0.2, 0.25) is 0 Å². The molecule has 0 spiro atoms. The number of hydrogen-bond donors (Lipinski definition) is 0. The van der Waals surface area contributed by atoms with E-state index < -0.39 is 0 Å². The predicted octanol–water partition coefficient (Wildman–Crippen LogP) is 1.19. The Labute approximate surface area is 104 Å². The highest BCUT2D eigenvalue weighted by atomic mass is 16.5. The summed E-state index contributed by atoms with van der Waals surface area (Å²) in [5.41, 5.74) is 0.298. The monoisotopic (exact) mass is 241 g/mol. The zero-order chi connectivity index (χ0) is 12.8. The van der Waals surface area contributed by atoms with E-state index in [1.165, 1.54) is 10.8 Å². The van der Waals surface area contributed by atoms with Gasteiger partial charge in [0.15, 0.2) is 0 Å². The molecule has 1 aromatic heterocycles. The summed E-state index contributed by atoms with van der Waals surface area (Å²) in [6.07, 6.45) is 3.12. The molecule has 1 heterocycles. The lowest BCUT2D eigenvalue weighted by Crippen LogP contribution is -2.24. The average Bonchev–Trinajstić information content (AvgIpc) is 2.42. The zero-order valence-electron chi connectivity index (χ0n) is 9.61. The first-order valence-corrected chi connectivity index (χ1v) is 5.44. The van der Waals surface area contributed by atoms with Gasteiger partial charge in [-0.1, -0.05) is 0 Å². The highest BCUT2D eigenvalue weighted by molar-refractivity contribution is 5.34. The van der Waals surface area contributed by atoms with Gasteiger partial charge in [0.2, 0.25) is 0 Å². The molecule has 0 aliphatic heterocycles. The third kappa shape index (κ3) is 2.95. The van der Waals surface area contributed by atoms with Crippen LogP contribution in [0, 0.1) is 11.3 Å². The molecule has 0 aliphatic carbocycles. The van der Waals surface area contributed by atoms with Crippen LogP contribution in [0.5, 0.6) is 5.75 Å². The highest BCUT2D eigenvalue weighted by Gasteiger charge is 1.97. The summed E-state index contributed by atoms with van der Waals surface area (Å²) < 4.78 is 6.94. The van der Waals surface area contributed by atoms with Gasteiger partial charge in [-0.15, -0.1) is 0 Å². The molecule has 5 heteroatoms. The fourth-order valence-corrected chi connectivity index (χ4v) is 1.44. The number of hydrogen-bond acceptors (Lipinski definition) is 4. The molecule has 0 radical (unpaired) electrons. The van der Waals surface area contributed by atoms with Crippen LogP contribution in [-0.2, 0) is 6.54 Å². The minimum atomic E-state index is -0.291. The zero-order valence-corrected chi connectivity index (χ0v) is 9.61.